The van der Waals surface area contributed by atoms with Gasteiger partial charge in [-0.05, 0) is 31.9 Å². The Hall–Kier alpha value is -2.11. The van der Waals surface area contributed by atoms with Gasteiger partial charge < -0.3 is 10.6 Å². The fourth-order valence-electron chi connectivity index (χ4n) is 1.71. The van der Waals surface area contributed by atoms with Crippen LogP contribution in [0.4, 0.5) is 11.4 Å². The van der Waals surface area contributed by atoms with Crippen LogP contribution in [0.1, 0.15) is 30.1 Å². The van der Waals surface area contributed by atoms with Gasteiger partial charge >= 0.3 is 0 Å². The molecule has 1 amide bonds. The number of nitro benzene ring substituents is 1. The highest BCUT2D eigenvalue weighted by molar-refractivity contribution is 5.95. The van der Waals surface area contributed by atoms with Crippen molar-refractivity contribution in [3.63, 3.8) is 0 Å². The molecule has 1 aliphatic rings. The zero-order valence-electron chi connectivity index (χ0n) is 10.3. The molecule has 0 unspecified atom stereocenters. The Balaban J connectivity index is 2.35. The summed E-state index contributed by atoms with van der Waals surface area (Å²) in [6, 6.07) is 4.47. The maximum Gasteiger partial charge on any atom is 0.293 e. The Bertz CT molecular complexity index is 509. The first-order valence-electron chi connectivity index (χ1n) is 5.74. The summed E-state index contributed by atoms with van der Waals surface area (Å²) in [5, 5.41) is 16.6. The van der Waals surface area contributed by atoms with E-state index in [0.29, 0.717) is 5.69 Å². The number of nitrogens with zero attached hydrogens (tertiary/aromatic N) is 1. The van der Waals surface area contributed by atoms with E-state index in [1.54, 1.807) is 12.1 Å². The van der Waals surface area contributed by atoms with Gasteiger partial charge in [-0.1, -0.05) is 0 Å². The number of amides is 1. The zero-order chi connectivity index (χ0) is 13.3. The molecular formula is C12H15N3O3. The van der Waals surface area contributed by atoms with Gasteiger partial charge in [0.1, 0.15) is 5.69 Å². The third-order valence-corrected chi connectivity index (χ3v) is 3.12. The SMILES string of the molecule is CNC(=O)c1ccc(NC2(C)CC2)c([N+](=O)[O-])c1. The van der Waals surface area contributed by atoms with E-state index in [2.05, 4.69) is 10.6 Å². The van der Waals surface area contributed by atoms with Crippen molar-refractivity contribution >= 4 is 17.3 Å². The number of hydrogen-bond donors (Lipinski definition) is 2. The van der Waals surface area contributed by atoms with Crippen molar-refractivity contribution in [1.82, 2.24) is 5.32 Å². The number of hydrogen-bond acceptors (Lipinski definition) is 4. The van der Waals surface area contributed by atoms with Crippen LogP contribution in [0.2, 0.25) is 0 Å². The predicted octanol–water partition coefficient (Wildman–Crippen LogP) is 1.92. The van der Waals surface area contributed by atoms with E-state index in [-0.39, 0.29) is 22.7 Å². The third kappa shape index (κ3) is 2.42. The highest BCUT2D eigenvalue weighted by Crippen LogP contribution is 2.40. The minimum absolute atomic E-state index is 0.0424. The van der Waals surface area contributed by atoms with Crippen molar-refractivity contribution in [1.29, 1.82) is 0 Å². The van der Waals surface area contributed by atoms with E-state index >= 15 is 0 Å². The minimum atomic E-state index is -0.472. The molecule has 1 aliphatic carbocycles. The molecule has 2 N–H and O–H groups in total. The molecule has 96 valence electrons. The number of rotatable bonds is 4. The molecule has 0 heterocycles. The summed E-state index contributed by atoms with van der Waals surface area (Å²) < 4.78 is 0. The number of carbonyl (C=O) groups excluding carboxylic acids is 1. The Morgan fingerprint density at radius 3 is 2.61 bits per heavy atom. The van der Waals surface area contributed by atoms with Crippen LogP contribution >= 0.6 is 0 Å². The van der Waals surface area contributed by atoms with Gasteiger partial charge in [-0.3, -0.25) is 14.9 Å². The Morgan fingerprint density at radius 1 is 1.44 bits per heavy atom. The zero-order valence-corrected chi connectivity index (χ0v) is 10.3. The Morgan fingerprint density at radius 2 is 2.11 bits per heavy atom. The molecule has 1 saturated carbocycles. The second kappa shape index (κ2) is 4.29. The van der Waals surface area contributed by atoms with Gasteiger partial charge in [0.2, 0.25) is 0 Å². The van der Waals surface area contributed by atoms with Gasteiger partial charge in [0.25, 0.3) is 11.6 Å². The van der Waals surface area contributed by atoms with Crippen molar-refractivity contribution in [2.45, 2.75) is 25.3 Å². The lowest BCUT2D eigenvalue weighted by atomic mass is 10.1. The monoisotopic (exact) mass is 249 g/mol. The Kier molecular flexibility index (Phi) is 2.94. The topological polar surface area (TPSA) is 84.3 Å². The highest BCUT2D eigenvalue weighted by atomic mass is 16.6. The van der Waals surface area contributed by atoms with Crippen LogP contribution < -0.4 is 10.6 Å². The van der Waals surface area contributed by atoms with Crippen molar-refractivity contribution in [2.75, 3.05) is 12.4 Å². The standard InChI is InChI=1S/C12H15N3O3/c1-12(5-6-12)14-9-4-3-8(11(16)13-2)7-10(9)15(17)18/h3-4,7,14H,5-6H2,1-2H3,(H,13,16). The summed E-state index contributed by atoms with van der Waals surface area (Å²) in [6.45, 7) is 2.02. The molecule has 6 nitrogen and oxygen atoms in total. The summed E-state index contributed by atoms with van der Waals surface area (Å²) in [6.07, 6.45) is 2.00. The number of anilines is 1. The molecule has 2 rings (SSSR count). The van der Waals surface area contributed by atoms with E-state index in [0.717, 1.165) is 12.8 Å². The molecule has 0 aliphatic heterocycles. The van der Waals surface area contributed by atoms with Crippen LogP contribution in [0, 0.1) is 10.1 Å². The largest absolute Gasteiger partial charge is 0.374 e. The lowest BCUT2D eigenvalue weighted by Crippen LogP contribution is -2.19. The maximum absolute atomic E-state index is 11.4. The smallest absolute Gasteiger partial charge is 0.293 e. The highest BCUT2D eigenvalue weighted by Gasteiger charge is 2.38. The number of nitrogens with one attached hydrogen (secondary N) is 2. The maximum atomic E-state index is 11.4. The van der Waals surface area contributed by atoms with Gasteiger partial charge in [0.05, 0.1) is 4.92 Å². The van der Waals surface area contributed by atoms with Gasteiger partial charge in [0, 0.05) is 24.2 Å². The summed E-state index contributed by atoms with van der Waals surface area (Å²) in [5.41, 5.74) is 0.645. The van der Waals surface area contributed by atoms with Gasteiger partial charge in [-0.15, -0.1) is 0 Å². The van der Waals surface area contributed by atoms with Crippen LogP contribution in [0.5, 0.6) is 0 Å². The first kappa shape index (κ1) is 12.3. The van der Waals surface area contributed by atoms with E-state index in [1.807, 2.05) is 6.92 Å². The van der Waals surface area contributed by atoms with Gasteiger partial charge in [-0.25, -0.2) is 0 Å². The second-order valence-electron chi connectivity index (χ2n) is 4.75. The first-order chi connectivity index (χ1) is 8.45. The molecule has 18 heavy (non-hydrogen) atoms. The molecule has 1 fully saturated rings. The van der Waals surface area contributed by atoms with Crippen LogP contribution in [0.15, 0.2) is 18.2 Å². The Labute approximate surface area is 105 Å². The molecule has 1 aromatic rings. The third-order valence-electron chi connectivity index (χ3n) is 3.12. The van der Waals surface area contributed by atoms with Gasteiger partial charge in [-0.2, -0.15) is 0 Å². The van der Waals surface area contributed by atoms with Crippen LogP contribution in [-0.4, -0.2) is 23.4 Å². The van der Waals surface area contributed by atoms with Crippen LogP contribution in [-0.2, 0) is 0 Å². The molecule has 0 aromatic heterocycles. The van der Waals surface area contributed by atoms with Crippen LogP contribution in [0.25, 0.3) is 0 Å². The number of benzene rings is 1. The number of carbonyl (C=O) groups is 1. The average molecular weight is 249 g/mol. The lowest BCUT2D eigenvalue weighted by molar-refractivity contribution is -0.384. The summed E-state index contributed by atoms with van der Waals surface area (Å²) in [7, 11) is 1.49. The lowest BCUT2D eigenvalue weighted by Gasteiger charge is -2.13. The number of nitro groups is 1. The molecule has 0 radical (unpaired) electrons. The molecule has 0 spiro atoms. The van der Waals surface area contributed by atoms with Gasteiger partial charge in [0.15, 0.2) is 0 Å². The van der Waals surface area contributed by atoms with Crippen LogP contribution in [0.3, 0.4) is 0 Å². The van der Waals surface area contributed by atoms with E-state index < -0.39 is 4.92 Å². The molecule has 1 aromatic carbocycles. The normalized spacial score (nSPS) is 15.9. The molecule has 0 bridgehead atoms. The first-order valence-corrected chi connectivity index (χ1v) is 5.74. The molecule has 0 atom stereocenters. The quantitative estimate of drug-likeness (QED) is 0.630. The minimum Gasteiger partial charge on any atom is -0.374 e. The average Bonchev–Trinajstić information content (AvgIpc) is 3.06. The fraction of sp³-hybridized carbons (Fsp3) is 0.417. The second-order valence-corrected chi connectivity index (χ2v) is 4.75. The van der Waals surface area contributed by atoms with Crippen molar-refractivity contribution in [3.05, 3.63) is 33.9 Å². The molecular weight excluding hydrogens is 234 g/mol. The fourth-order valence-corrected chi connectivity index (χ4v) is 1.71. The van der Waals surface area contributed by atoms with Crippen molar-refractivity contribution in [2.24, 2.45) is 0 Å². The van der Waals surface area contributed by atoms with Crippen molar-refractivity contribution in [3.8, 4) is 0 Å². The molecule has 0 saturated heterocycles. The predicted molar refractivity (Wildman–Crippen MR) is 67.7 cm³/mol. The van der Waals surface area contributed by atoms with E-state index in [1.165, 1.54) is 13.1 Å². The van der Waals surface area contributed by atoms with E-state index in [9.17, 15) is 14.9 Å². The van der Waals surface area contributed by atoms with Crippen molar-refractivity contribution < 1.29 is 9.72 Å². The summed E-state index contributed by atoms with van der Waals surface area (Å²) in [5.74, 6) is -0.331. The molecule has 6 heteroatoms. The summed E-state index contributed by atoms with van der Waals surface area (Å²) in [4.78, 5) is 22.0. The van der Waals surface area contributed by atoms with E-state index in [4.69, 9.17) is 0 Å². The summed E-state index contributed by atoms with van der Waals surface area (Å²) >= 11 is 0.